The van der Waals surface area contributed by atoms with E-state index >= 15 is 0 Å². The van der Waals surface area contributed by atoms with E-state index in [-0.39, 0.29) is 12.6 Å². The standard InChI is InChI=1S/C15H18N2O2/c1-15(2,10-18)17-14(19)16-13-8-7-11-5-3-4-6-12(11)9-13/h3-9,18H,10H2,1-2H3,(H2,16,17,19). The third-order valence-corrected chi connectivity index (χ3v) is 2.85. The van der Waals surface area contributed by atoms with Gasteiger partial charge in [-0.05, 0) is 36.8 Å². The van der Waals surface area contributed by atoms with Crippen LogP contribution < -0.4 is 10.6 Å². The number of nitrogens with one attached hydrogen (secondary N) is 2. The third-order valence-electron chi connectivity index (χ3n) is 2.85. The van der Waals surface area contributed by atoms with Crippen LogP contribution in [0.3, 0.4) is 0 Å². The summed E-state index contributed by atoms with van der Waals surface area (Å²) in [6, 6.07) is 13.4. The molecule has 2 amide bonds. The van der Waals surface area contributed by atoms with Gasteiger partial charge in [-0.1, -0.05) is 30.3 Å². The monoisotopic (exact) mass is 258 g/mol. The van der Waals surface area contributed by atoms with E-state index in [1.54, 1.807) is 13.8 Å². The summed E-state index contributed by atoms with van der Waals surface area (Å²) in [5.41, 5.74) is 0.0888. The fourth-order valence-electron chi connectivity index (χ4n) is 1.78. The van der Waals surface area contributed by atoms with E-state index in [0.717, 1.165) is 16.5 Å². The molecule has 0 atom stereocenters. The minimum atomic E-state index is -0.638. The lowest BCUT2D eigenvalue weighted by Crippen LogP contribution is -2.48. The van der Waals surface area contributed by atoms with Crippen molar-refractivity contribution in [1.29, 1.82) is 0 Å². The molecule has 3 N–H and O–H groups in total. The number of fused-ring (bicyclic) bond motifs is 1. The van der Waals surface area contributed by atoms with Crippen LogP contribution in [0, 0.1) is 0 Å². The molecular formula is C15H18N2O2. The Morgan fingerprint density at radius 3 is 2.53 bits per heavy atom. The molecule has 0 radical (unpaired) electrons. The maximum absolute atomic E-state index is 11.8. The smallest absolute Gasteiger partial charge is 0.319 e. The van der Waals surface area contributed by atoms with E-state index < -0.39 is 5.54 Å². The summed E-state index contributed by atoms with van der Waals surface area (Å²) < 4.78 is 0. The van der Waals surface area contributed by atoms with E-state index in [2.05, 4.69) is 10.6 Å². The number of aliphatic hydroxyl groups excluding tert-OH is 1. The van der Waals surface area contributed by atoms with Crippen molar-refractivity contribution < 1.29 is 9.90 Å². The van der Waals surface area contributed by atoms with Crippen molar-refractivity contribution in [3.8, 4) is 0 Å². The van der Waals surface area contributed by atoms with Crippen molar-refractivity contribution in [3.63, 3.8) is 0 Å². The summed E-state index contributed by atoms with van der Waals surface area (Å²) in [4.78, 5) is 11.8. The average molecular weight is 258 g/mol. The van der Waals surface area contributed by atoms with Crippen LogP contribution in [0.15, 0.2) is 42.5 Å². The third kappa shape index (κ3) is 3.45. The molecule has 2 rings (SSSR count). The number of carbonyl (C=O) groups is 1. The Balaban J connectivity index is 2.11. The van der Waals surface area contributed by atoms with E-state index in [1.165, 1.54) is 0 Å². The summed E-state index contributed by atoms with van der Waals surface area (Å²) in [6.07, 6.45) is 0. The Kier molecular flexibility index (Phi) is 3.71. The summed E-state index contributed by atoms with van der Waals surface area (Å²) in [7, 11) is 0. The molecular weight excluding hydrogens is 240 g/mol. The van der Waals surface area contributed by atoms with Gasteiger partial charge in [0.1, 0.15) is 0 Å². The summed E-state index contributed by atoms with van der Waals surface area (Å²) >= 11 is 0. The number of rotatable bonds is 3. The van der Waals surface area contributed by atoms with Gasteiger partial charge in [-0.25, -0.2) is 4.79 Å². The lowest BCUT2D eigenvalue weighted by atomic mass is 10.1. The number of amides is 2. The highest BCUT2D eigenvalue weighted by Gasteiger charge is 2.18. The number of benzene rings is 2. The van der Waals surface area contributed by atoms with Crippen molar-refractivity contribution in [1.82, 2.24) is 5.32 Å². The van der Waals surface area contributed by atoms with Gasteiger partial charge in [0.2, 0.25) is 0 Å². The zero-order valence-electron chi connectivity index (χ0n) is 11.1. The molecule has 0 spiro atoms. The molecule has 4 heteroatoms. The minimum Gasteiger partial charge on any atom is -0.394 e. The molecule has 0 bridgehead atoms. The van der Waals surface area contributed by atoms with Crippen molar-refractivity contribution >= 4 is 22.5 Å². The Morgan fingerprint density at radius 2 is 1.84 bits per heavy atom. The van der Waals surface area contributed by atoms with Crippen LogP contribution in [0.5, 0.6) is 0 Å². The van der Waals surface area contributed by atoms with Crippen LogP contribution in [-0.2, 0) is 0 Å². The molecule has 0 aromatic heterocycles. The molecule has 0 aliphatic heterocycles. The van der Waals surface area contributed by atoms with Crippen molar-refractivity contribution in [2.45, 2.75) is 19.4 Å². The maximum Gasteiger partial charge on any atom is 0.319 e. The van der Waals surface area contributed by atoms with Gasteiger partial charge in [0.15, 0.2) is 0 Å². The van der Waals surface area contributed by atoms with E-state index in [1.807, 2.05) is 42.5 Å². The highest BCUT2D eigenvalue weighted by molar-refractivity contribution is 5.93. The zero-order valence-corrected chi connectivity index (χ0v) is 11.1. The molecule has 100 valence electrons. The van der Waals surface area contributed by atoms with Gasteiger partial charge >= 0.3 is 6.03 Å². The number of anilines is 1. The molecule has 0 heterocycles. The van der Waals surface area contributed by atoms with Crippen molar-refractivity contribution in [2.75, 3.05) is 11.9 Å². The van der Waals surface area contributed by atoms with Crippen LogP contribution in [0.4, 0.5) is 10.5 Å². The second kappa shape index (κ2) is 5.28. The molecule has 19 heavy (non-hydrogen) atoms. The minimum absolute atomic E-state index is 0.113. The SMILES string of the molecule is CC(C)(CO)NC(=O)Nc1ccc2ccccc2c1. The molecule has 0 aliphatic rings. The number of hydrogen-bond donors (Lipinski definition) is 3. The topological polar surface area (TPSA) is 61.4 Å². The van der Waals surface area contributed by atoms with Gasteiger partial charge in [0.05, 0.1) is 12.1 Å². The molecule has 0 fully saturated rings. The molecule has 0 saturated carbocycles. The van der Waals surface area contributed by atoms with Crippen molar-refractivity contribution in [3.05, 3.63) is 42.5 Å². The second-order valence-electron chi connectivity index (χ2n) is 5.18. The Morgan fingerprint density at radius 1 is 1.16 bits per heavy atom. The normalized spacial score (nSPS) is 11.3. The first-order valence-corrected chi connectivity index (χ1v) is 6.19. The average Bonchev–Trinajstić information content (AvgIpc) is 2.38. The predicted octanol–water partition coefficient (Wildman–Crippen LogP) is 2.73. The van der Waals surface area contributed by atoms with Crippen LogP contribution in [-0.4, -0.2) is 23.3 Å². The Hall–Kier alpha value is -2.07. The van der Waals surface area contributed by atoms with E-state index in [4.69, 9.17) is 5.11 Å². The first-order chi connectivity index (χ1) is 9.00. The van der Waals surface area contributed by atoms with Crippen LogP contribution >= 0.6 is 0 Å². The molecule has 0 aliphatic carbocycles. The van der Waals surface area contributed by atoms with Gasteiger partial charge in [0, 0.05) is 5.69 Å². The van der Waals surface area contributed by atoms with Gasteiger partial charge in [0.25, 0.3) is 0 Å². The molecule has 4 nitrogen and oxygen atoms in total. The van der Waals surface area contributed by atoms with Crippen LogP contribution in [0.1, 0.15) is 13.8 Å². The molecule has 2 aromatic carbocycles. The number of carbonyl (C=O) groups excluding carboxylic acids is 1. The first kappa shape index (κ1) is 13.4. The van der Waals surface area contributed by atoms with Crippen LogP contribution in [0.2, 0.25) is 0 Å². The summed E-state index contributed by atoms with van der Waals surface area (Å²) in [5.74, 6) is 0. The van der Waals surface area contributed by atoms with Crippen molar-refractivity contribution in [2.24, 2.45) is 0 Å². The Bertz CT molecular complexity index is 593. The van der Waals surface area contributed by atoms with E-state index in [0.29, 0.717) is 0 Å². The van der Waals surface area contributed by atoms with Gasteiger partial charge in [-0.3, -0.25) is 0 Å². The summed E-state index contributed by atoms with van der Waals surface area (Å²) in [5, 5.41) is 16.8. The molecule has 2 aromatic rings. The highest BCUT2D eigenvalue weighted by atomic mass is 16.3. The largest absolute Gasteiger partial charge is 0.394 e. The van der Waals surface area contributed by atoms with E-state index in [9.17, 15) is 4.79 Å². The fraction of sp³-hybridized carbons (Fsp3) is 0.267. The van der Waals surface area contributed by atoms with Gasteiger partial charge in [-0.2, -0.15) is 0 Å². The predicted molar refractivity (Wildman–Crippen MR) is 77.3 cm³/mol. The van der Waals surface area contributed by atoms with Gasteiger partial charge in [-0.15, -0.1) is 0 Å². The Labute approximate surface area is 112 Å². The number of hydrogen-bond acceptors (Lipinski definition) is 2. The fourth-order valence-corrected chi connectivity index (χ4v) is 1.78. The highest BCUT2D eigenvalue weighted by Crippen LogP contribution is 2.18. The summed E-state index contributed by atoms with van der Waals surface area (Å²) in [6.45, 7) is 3.40. The van der Waals surface area contributed by atoms with Crippen LogP contribution in [0.25, 0.3) is 10.8 Å². The molecule has 0 unspecified atom stereocenters. The number of aliphatic hydroxyl groups is 1. The van der Waals surface area contributed by atoms with Gasteiger partial charge < -0.3 is 15.7 Å². The lowest BCUT2D eigenvalue weighted by Gasteiger charge is -2.23. The zero-order chi connectivity index (χ0) is 13.9. The molecule has 0 saturated heterocycles. The number of urea groups is 1. The quantitative estimate of drug-likeness (QED) is 0.792. The lowest BCUT2D eigenvalue weighted by molar-refractivity contribution is 0.187. The first-order valence-electron chi connectivity index (χ1n) is 6.19. The maximum atomic E-state index is 11.8. The second-order valence-corrected chi connectivity index (χ2v) is 5.18.